The molecule has 1 unspecified atom stereocenters. The molecule has 6 rings (SSSR count). The Morgan fingerprint density at radius 3 is 0.694 bits per heavy atom. The molecule has 0 amide bonds. The van der Waals surface area contributed by atoms with E-state index in [9.17, 15) is 15.3 Å². The van der Waals surface area contributed by atoms with Gasteiger partial charge >= 0.3 is 106 Å². The molecule has 6 aromatic carbocycles. The van der Waals surface area contributed by atoms with Crippen LogP contribution in [0.15, 0.2) is 109 Å². The molecule has 0 aliphatic rings. The Balaban J connectivity index is 0.000000497. The fraction of sp³-hybridized carbons (Fsp3) is 0.200. The Morgan fingerprint density at radius 2 is 0.542 bits per heavy atom. The molecule has 0 saturated heterocycles. The summed E-state index contributed by atoms with van der Waals surface area (Å²) in [6.07, 6.45) is 2.26. The average molecular weight is 2330 g/mol. The molecule has 6 aromatic rings. The summed E-state index contributed by atoms with van der Waals surface area (Å²) in [7, 11) is 29.2. The fourth-order valence-electron chi connectivity index (χ4n) is 5.54. The predicted octanol–water partition coefficient (Wildman–Crippen LogP) is 13.8. The Hall–Kier alpha value is 2.06. The van der Waals surface area contributed by atoms with Gasteiger partial charge in [-0.1, -0.05) is 0 Å². The summed E-state index contributed by atoms with van der Waals surface area (Å²) in [5, 5.41) is 27.9. The summed E-state index contributed by atoms with van der Waals surface area (Å²) in [4.78, 5) is 0. The first-order chi connectivity index (χ1) is 34.2. The molecule has 27 heteroatoms. The molecule has 0 bridgehead atoms. The molecule has 0 aliphatic heterocycles. The standard InChI is InChI=1S/3C15H16I2N2O2.6ClH.3Pt/c3*16-13-6-9(5-10(19)8-18)7-14(17)15(13)21-12-3-1-11(20)2-4-12;;;;;;;;;/h3*1-4,6-7,10,20H,5,8,18-19H2;6*1H;;;/q;;;;;;;;;3*+2/p-6/t2*10-;;;;;;;;;;/m10........../s1. The molecular formula is C45H48Cl6I6N6O6Pt3. The van der Waals surface area contributed by atoms with E-state index in [0.717, 1.165) is 74.6 Å². The third-order valence-corrected chi connectivity index (χ3v) is 13.6. The Bertz CT molecular complexity index is 2140. The Labute approximate surface area is 552 Å². The molecule has 3 atom stereocenters. The van der Waals surface area contributed by atoms with Crippen molar-refractivity contribution in [2.45, 2.75) is 37.4 Å². The maximum atomic E-state index is 9.30. The number of halogens is 12. The van der Waals surface area contributed by atoms with Gasteiger partial charge in [-0.25, -0.2) is 0 Å². The van der Waals surface area contributed by atoms with Crippen molar-refractivity contribution in [3.63, 3.8) is 0 Å². The van der Waals surface area contributed by atoms with Crippen molar-refractivity contribution < 1.29 is 79.0 Å². The average Bonchev–Trinajstić information content (AvgIpc) is 3.33. The molecule has 0 fully saturated rings. The second kappa shape index (κ2) is 42.0. The SMILES string of the molecule is NCC(N)Cc1cc(I)c(Oc2ccc(O)cc2)c(I)c1.NC[C@@H](N)Cc1cc(I)c(Oc2ccc(O)cc2)c(I)c1.NC[C@H](N)Cc1cc(I)c(Oc2ccc(O)cc2)c(I)c1.[Cl][Pt][Cl].[Cl][Pt][Cl].[Cl][Pt][Cl]. The number of aromatic hydroxyl groups is 3. The molecule has 0 spiro atoms. The van der Waals surface area contributed by atoms with E-state index in [-0.39, 0.29) is 35.4 Å². The molecule has 0 aliphatic carbocycles. The third kappa shape index (κ3) is 30.0. The summed E-state index contributed by atoms with van der Waals surface area (Å²) in [6, 6.07) is 32.3. The van der Waals surface area contributed by atoms with Crippen molar-refractivity contribution in [3.05, 3.63) is 147 Å². The van der Waals surface area contributed by atoms with Crippen LogP contribution in [-0.4, -0.2) is 53.1 Å². The predicted molar refractivity (Wildman–Crippen MR) is 337 cm³/mol. The topological polar surface area (TPSA) is 244 Å². The summed E-state index contributed by atoms with van der Waals surface area (Å²) < 4.78 is 23.8. The van der Waals surface area contributed by atoms with Gasteiger partial charge in [0.2, 0.25) is 0 Å². The number of hydrogen-bond acceptors (Lipinski definition) is 12. The van der Waals surface area contributed by atoms with Crippen LogP contribution in [0.2, 0.25) is 0 Å². The number of rotatable bonds is 15. The van der Waals surface area contributed by atoms with E-state index in [1.165, 1.54) is 0 Å². The number of benzene rings is 6. The van der Waals surface area contributed by atoms with Crippen LogP contribution in [0.4, 0.5) is 0 Å². The summed E-state index contributed by atoms with van der Waals surface area (Å²) in [5.41, 5.74) is 37.8. The molecule has 0 heterocycles. The number of ether oxygens (including phenoxy) is 3. The monoisotopic (exact) mass is 2320 g/mol. The molecule has 12 nitrogen and oxygen atoms in total. The molecule has 0 saturated carbocycles. The van der Waals surface area contributed by atoms with Crippen LogP contribution in [0.3, 0.4) is 0 Å². The molecule has 72 heavy (non-hydrogen) atoms. The van der Waals surface area contributed by atoms with Crippen LogP contribution in [0.5, 0.6) is 51.7 Å². The fourth-order valence-corrected chi connectivity index (χ4v) is 11.9. The van der Waals surface area contributed by atoms with Gasteiger partial charge in [-0.3, -0.25) is 0 Å². The minimum absolute atomic E-state index is 0.0273. The van der Waals surface area contributed by atoms with Gasteiger partial charge in [0.1, 0.15) is 34.5 Å². The van der Waals surface area contributed by atoms with Crippen LogP contribution in [0.25, 0.3) is 0 Å². The van der Waals surface area contributed by atoms with Crippen molar-refractivity contribution in [2.75, 3.05) is 19.6 Å². The molecule has 15 N–H and O–H groups in total. The van der Waals surface area contributed by atoms with E-state index in [1.54, 1.807) is 72.8 Å². The van der Waals surface area contributed by atoms with Crippen molar-refractivity contribution in [1.82, 2.24) is 0 Å². The zero-order chi connectivity index (χ0) is 54.3. The second-order valence-electron chi connectivity index (χ2n) is 14.2. The van der Waals surface area contributed by atoms with Crippen molar-refractivity contribution in [2.24, 2.45) is 34.4 Å². The zero-order valence-corrected chi connectivity index (χ0v) is 61.2. The van der Waals surface area contributed by atoms with Crippen LogP contribution in [0, 0.1) is 21.4 Å². The molecular weight excluding hydrogens is 2280 g/mol. The van der Waals surface area contributed by atoms with Crippen LogP contribution >= 0.6 is 192 Å². The van der Waals surface area contributed by atoms with E-state index in [0.29, 0.717) is 36.9 Å². The first-order valence-corrected chi connectivity index (χ1v) is 43.3. The van der Waals surface area contributed by atoms with Gasteiger partial charge < -0.3 is 63.9 Å². The third-order valence-electron chi connectivity index (χ3n) is 8.75. The summed E-state index contributed by atoms with van der Waals surface area (Å²) in [6.45, 7) is 1.41. The van der Waals surface area contributed by atoms with Gasteiger partial charge in [-0.05, 0) is 281 Å². The van der Waals surface area contributed by atoms with Crippen LogP contribution < -0.4 is 48.6 Å². The van der Waals surface area contributed by atoms with Gasteiger partial charge in [0, 0.05) is 37.8 Å². The van der Waals surface area contributed by atoms with Crippen molar-refractivity contribution >= 4 is 192 Å². The van der Waals surface area contributed by atoms with Crippen LogP contribution in [0.1, 0.15) is 16.7 Å². The van der Waals surface area contributed by atoms with Gasteiger partial charge in [-0.2, -0.15) is 0 Å². The number of phenolic OH excluding ortho intramolecular Hbond substituents is 3. The number of nitrogens with two attached hydrogens (primary N) is 6. The molecule has 0 radical (unpaired) electrons. The zero-order valence-electron chi connectivity index (χ0n) is 36.9. The Morgan fingerprint density at radius 1 is 0.375 bits per heavy atom. The van der Waals surface area contributed by atoms with Gasteiger partial charge in [0.05, 0.1) is 21.4 Å². The maximum absolute atomic E-state index is 9.30. The summed E-state index contributed by atoms with van der Waals surface area (Å²) in [5.74, 6) is 5.17. The molecule has 408 valence electrons. The normalized spacial score (nSPS) is 11.6. The minimum atomic E-state index is -0.472. The first-order valence-electron chi connectivity index (χ1n) is 19.9. The second-order valence-corrected chi connectivity index (χ2v) is 31.0. The van der Waals surface area contributed by atoms with Crippen LogP contribution in [-0.2, 0) is 68.7 Å². The van der Waals surface area contributed by atoms with Gasteiger partial charge in [-0.15, -0.1) is 0 Å². The van der Waals surface area contributed by atoms with Gasteiger partial charge in [0.25, 0.3) is 0 Å². The number of phenols is 3. The van der Waals surface area contributed by atoms with Crippen molar-refractivity contribution in [1.29, 1.82) is 0 Å². The first kappa shape index (κ1) is 72.1. The van der Waals surface area contributed by atoms with Gasteiger partial charge in [0.15, 0.2) is 17.2 Å². The quantitative estimate of drug-likeness (QED) is 0.0436. The summed E-state index contributed by atoms with van der Waals surface area (Å²) >= 11 is 12.1. The molecule has 0 aromatic heterocycles. The van der Waals surface area contributed by atoms with E-state index >= 15 is 0 Å². The van der Waals surface area contributed by atoms with E-state index in [2.05, 4.69) is 172 Å². The number of hydrogen-bond donors (Lipinski definition) is 9. The van der Waals surface area contributed by atoms with E-state index in [4.69, 9.17) is 105 Å². The van der Waals surface area contributed by atoms with E-state index in [1.807, 2.05) is 0 Å². The van der Waals surface area contributed by atoms with E-state index < -0.39 is 49.4 Å². The van der Waals surface area contributed by atoms with Crippen molar-refractivity contribution in [3.8, 4) is 51.7 Å². The Kier molecular flexibility index (Phi) is 42.0.